The molecule has 0 saturated heterocycles. The van der Waals surface area contributed by atoms with E-state index in [0.29, 0.717) is 0 Å². The molecule has 0 heterocycles. The molecule has 1 rings (SSSR count). The Labute approximate surface area is 91.3 Å². The van der Waals surface area contributed by atoms with Crippen molar-refractivity contribution in [3.05, 3.63) is 34.6 Å². The summed E-state index contributed by atoms with van der Waals surface area (Å²) in [5.74, 6) is -0.669. The second-order valence-corrected chi connectivity index (χ2v) is 3.46. The van der Waals surface area contributed by atoms with Gasteiger partial charge in [-0.15, -0.1) is 0 Å². The minimum atomic E-state index is -1.28. The Morgan fingerprint density at radius 1 is 1.47 bits per heavy atom. The smallest absolute Gasteiger partial charge is 0.142 e. The van der Waals surface area contributed by atoms with E-state index in [1.54, 1.807) is 6.07 Å². The number of hydrogen-bond acceptors (Lipinski definition) is 3. The maximum absolute atomic E-state index is 13.0. The van der Waals surface area contributed by atoms with Crippen LogP contribution < -0.4 is 0 Å². The summed E-state index contributed by atoms with van der Waals surface area (Å²) in [4.78, 5) is 0. The average Bonchev–Trinajstić information content (AvgIpc) is 2.21. The van der Waals surface area contributed by atoms with Gasteiger partial charge in [-0.2, -0.15) is 5.26 Å². The minimum Gasteiger partial charge on any atom is -0.389 e. The number of hydrogen-bond donors (Lipinski definition) is 2. The third kappa shape index (κ3) is 2.90. The zero-order chi connectivity index (χ0) is 11.4. The van der Waals surface area contributed by atoms with Crippen LogP contribution in [0.2, 0.25) is 5.02 Å². The lowest BCUT2D eigenvalue weighted by molar-refractivity contribution is 0.0215. The highest BCUT2D eigenvalue weighted by molar-refractivity contribution is 6.30. The predicted molar refractivity (Wildman–Crippen MR) is 52.6 cm³/mol. The summed E-state index contributed by atoms with van der Waals surface area (Å²) in [6.45, 7) is 0. The normalized spacial score (nSPS) is 14.3. The van der Waals surface area contributed by atoms with Crippen LogP contribution in [0.15, 0.2) is 18.2 Å². The van der Waals surface area contributed by atoms with Crippen molar-refractivity contribution in [3.8, 4) is 6.07 Å². The fourth-order valence-electron chi connectivity index (χ4n) is 1.12. The largest absolute Gasteiger partial charge is 0.389 e. The predicted octanol–water partition coefficient (Wildman–Crippen LogP) is 1.79. The molecule has 0 spiro atoms. The monoisotopic (exact) mass is 229 g/mol. The number of aliphatic hydroxyl groups excluding tert-OH is 2. The molecule has 2 unspecified atom stereocenters. The molecule has 0 radical (unpaired) electrons. The summed E-state index contributed by atoms with van der Waals surface area (Å²) in [6, 6.07) is 5.44. The van der Waals surface area contributed by atoms with Gasteiger partial charge in [-0.3, -0.25) is 0 Å². The number of nitriles is 1. The highest BCUT2D eigenvalue weighted by atomic mass is 35.5. The summed E-state index contributed by atoms with van der Waals surface area (Å²) in [5, 5.41) is 27.1. The SMILES string of the molecule is N#CCC(O)C(O)c1ccc(Cl)c(F)c1. The molecule has 2 N–H and O–H groups in total. The van der Waals surface area contributed by atoms with Crippen LogP contribution in [0.25, 0.3) is 0 Å². The summed E-state index contributed by atoms with van der Waals surface area (Å²) in [6.07, 6.45) is -2.72. The molecule has 5 heteroatoms. The molecule has 2 atom stereocenters. The highest BCUT2D eigenvalue weighted by Gasteiger charge is 2.18. The van der Waals surface area contributed by atoms with Crippen LogP contribution in [0.1, 0.15) is 18.1 Å². The Morgan fingerprint density at radius 3 is 2.67 bits per heavy atom. The Bertz CT molecular complexity index is 391. The maximum Gasteiger partial charge on any atom is 0.142 e. The summed E-state index contributed by atoms with van der Waals surface area (Å²) in [7, 11) is 0. The van der Waals surface area contributed by atoms with Crippen LogP contribution in [0.5, 0.6) is 0 Å². The van der Waals surface area contributed by atoms with Gasteiger partial charge in [0, 0.05) is 0 Å². The lowest BCUT2D eigenvalue weighted by Gasteiger charge is -2.15. The Hall–Kier alpha value is -1.15. The van der Waals surface area contributed by atoms with Crippen LogP contribution in [0.3, 0.4) is 0 Å². The molecular weight excluding hydrogens is 221 g/mol. The van der Waals surface area contributed by atoms with E-state index in [2.05, 4.69) is 0 Å². The van der Waals surface area contributed by atoms with E-state index in [9.17, 15) is 14.6 Å². The van der Waals surface area contributed by atoms with Crippen LogP contribution in [-0.4, -0.2) is 16.3 Å². The van der Waals surface area contributed by atoms with Crippen molar-refractivity contribution in [2.45, 2.75) is 18.6 Å². The van der Waals surface area contributed by atoms with E-state index in [1.165, 1.54) is 12.1 Å². The first kappa shape index (κ1) is 11.9. The van der Waals surface area contributed by atoms with Gasteiger partial charge in [0.2, 0.25) is 0 Å². The van der Waals surface area contributed by atoms with E-state index in [-0.39, 0.29) is 17.0 Å². The molecule has 0 amide bonds. The van der Waals surface area contributed by atoms with Crippen molar-refractivity contribution in [2.24, 2.45) is 0 Å². The second kappa shape index (κ2) is 5.08. The maximum atomic E-state index is 13.0. The third-order valence-electron chi connectivity index (χ3n) is 1.95. The molecular formula is C10H9ClFNO2. The van der Waals surface area contributed by atoms with Crippen LogP contribution in [0.4, 0.5) is 4.39 Å². The summed E-state index contributed by atoms with van der Waals surface area (Å²) < 4.78 is 13.0. The quantitative estimate of drug-likeness (QED) is 0.831. The molecule has 1 aromatic carbocycles. The van der Waals surface area contributed by atoms with Gasteiger partial charge in [0.25, 0.3) is 0 Å². The Morgan fingerprint density at radius 2 is 2.13 bits per heavy atom. The lowest BCUT2D eigenvalue weighted by Crippen LogP contribution is -2.17. The highest BCUT2D eigenvalue weighted by Crippen LogP contribution is 2.23. The van der Waals surface area contributed by atoms with Crippen LogP contribution in [-0.2, 0) is 0 Å². The molecule has 0 aromatic heterocycles. The van der Waals surface area contributed by atoms with Crippen LogP contribution >= 0.6 is 11.6 Å². The number of rotatable bonds is 3. The van der Waals surface area contributed by atoms with E-state index in [4.69, 9.17) is 16.9 Å². The van der Waals surface area contributed by atoms with Gasteiger partial charge >= 0.3 is 0 Å². The number of halogens is 2. The van der Waals surface area contributed by atoms with Gasteiger partial charge < -0.3 is 10.2 Å². The van der Waals surface area contributed by atoms with E-state index >= 15 is 0 Å². The lowest BCUT2D eigenvalue weighted by atomic mass is 10.0. The van der Waals surface area contributed by atoms with Crippen molar-refractivity contribution in [1.29, 1.82) is 5.26 Å². The zero-order valence-electron chi connectivity index (χ0n) is 7.69. The molecule has 0 bridgehead atoms. The molecule has 0 aliphatic heterocycles. The fourth-order valence-corrected chi connectivity index (χ4v) is 1.24. The number of nitrogens with zero attached hydrogens (tertiary/aromatic N) is 1. The molecule has 0 aliphatic carbocycles. The summed E-state index contributed by atoms with van der Waals surface area (Å²) in [5.41, 5.74) is 0.194. The van der Waals surface area contributed by atoms with Crippen molar-refractivity contribution in [1.82, 2.24) is 0 Å². The first-order valence-corrected chi connectivity index (χ1v) is 4.62. The zero-order valence-corrected chi connectivity index (χ0v) is 8.45. The van der Waals surface area contributed by atoms with Gasteiger partial charge in [-0.25, -0.2) is 4.39 Å². The van der Waals surface area contributed by atoms with E-state index in [0.717, 1.165) is 6.07 Å². The molecule has 0 fully saturated rings. The Balaban J connectivity index is 2.87. The topological polar surface area (TPSA) is 64.2 Å². The number of benzene rings is 1. The minimum absolute atomic E-state index is 0.0549. The van der Waals surface area contributed by atoms with Gasteiger partial charge in [0.1, 0.15) is 11.9 Å². The number of aliphatic hydroxyl groups is 2. The standard InChI is InChI=1S/C10H9ClFNO2/c11-7-2-1-6(5-8(7)12)10(15)9(14)3-4-13/h1-2,5,9-10,14-15H,3H2. The fraction of sp³-hybridized carbons (Fsp3) is 0.300. The van der Waals surface area contributed by atoms with Crippen molar-refractivity contribution < 1.29 is 14.6 Å². The summed E-state index contributed by atoms with van der Waals surface area (Å²) >= 11 is 5.45. The first-order valence-electron chi connectivity index (χ1n) is 4.24. The van der Waals surface area contributed by atoms with Crippen molar-refractivity contribution >= 4 is 11.6 Å². The van der Waals surface area contributed by atoms with E-state index in [1.807, 2.05) is 0 Å². The molecule has 80 valence electrons. The first-order chi connectivity index (χ1) is 7.06. The van der Waals surface area contributed by atoms with Gasteiger partial charge in [-0.1, -0.05) is 17.7 Å². The second-order valence-electron chi connectivity index (χ2n) is 3.05. The van der Waals surface area contributed by atoms with Gasteiger partial charge in [-0.05, 0) is 17.7 Å². The molecule has 0 aliphatic rings. The van der Waals surface area contributed by atoms with E-state index < -0.39 is 18.0 Å². The van der Waals surface area contributed by atoms with Crippen molar-refractivity contribution in [2.75, 3.05) is 0 Å². The molecule has 0 saturated carbocycles. The average molecular weight is 230 g/mol. The van der Waals surface area contributed by atoms with Gasteiger partial charge in [0.05, 0.1) is 23.6 Å². The molecule has 15 heavy (non-hydrogen) atoms. The van der Waals surface area contributed by atoms with Crippen LogP contribution in [0, 0.1) is 17.1 Å². The molecule has 1 aromatic rings. The van der Waals surface area contributed by atoms with Gasteiger partial charge in [0.15, 0.2) is 0 Å². The molecule has 3 nitrogen and oxygen atoms in total. The van der Waals surface area contributed by atoms with Crippen molar-refractivity contribution in [3.63, 3.8) is 0 Å². The Kier molecular flexibility index (Phi) is 4.04. The third-order valence-corrected chi connectivity index (χ3v) is 2.26.